The van der Waals surface area contributed by atoms with Crippen molar-refractivity contribution in [1.29, 1.82) is 0 Å². The van der Waals surface area contributed by atoms with E-state index in [4.69, 9.17) is 16.3 Å². The average Bonchev–Trinajstić information content (AvgIpc) is 2.58. The highest BCUT2D eigenvalue weighted by atomic mass is 35.5. The number of benzene rings is 2. The van der Waals surface area contributed by atoms with E-state index < -0.39 is 17.5 Å². The molecule has 134 valence electrons. The standard InChI is InChI=1S/C18H19ClF2N2O2/c1-23(2)17(11-4-6-12(25-3)7-5-11)10-22-18(24)13-8-15(20)16(21)9-14(13)19/h4-9,17H,10H2,1-3H3,(H,22,24). The van der Waals surface area contributed by atoms with Gasteiger partial charge in [0.15, 0.2) is 11.6 Å². The molecule has 2 aromatic rings. The summed E-state index contributed by atoms with van der Waals surface area (Å²) in [6.07, 6.45) is 0. The van der Waals surface area contributed by atoms with Gasteiger partial charge in [-0.1, -0.05) is 23.7 Å². The number of rotatable bonds is 6. The molecule has 1 N–H and O–H groups in total. The van der Waals surface area contributed by atoms with Gasteiger partial charge in [0, 0.05) is 6.54 Å². The van der Waals surface area contributed by atoms with Crippen LogP contribution in [0.5, 0.6) is 5.75 Å². The van der Waals surface area contributed by atoms with Gasteiger partial charge in [0.25, 0.3) is 5.91 Å². The molecule has 0 spiro atoms. The van der Waals surface area contributed by atoms with Crippen molar-refractivity contribution >= 4 is 17.5 Å². The Bertz CT molecular complexity index is 751. The third-order valence-electron chi connectivity index (χ3n) is 3.83. The number of halogens is 3. The maximum atomic E-state index is 13.3. The van der Waals surface area contributed by atoms with Crippen molar-refractivity contribution in [2.45, 2.75) is 6.04 Å². The fraction of sp³-hybridized carbons (Fsp3) is 0.278. The van der Waals surface area contributed by atoms with Crippen molar-refractivity contribution < 1.29 is 18.3 Å². The zero-order valence-electron chi connectivity index (χ0n) is 14.1. The topological polar surface area (TPSA) is 41.6 Å². The number of hydrogen-bond acceptors (Lipinski definition) is 3. The fourth-order valence-electron chi connectivity index (χ4n) is 2.41. The van der Waals surface area contributed by atoms with Gasteiger partial charge in [-0.3, -0.25) is 4.79 Å². The summed E-state index contributed by atoms with van der Waals surface area (Å²) in [5.41, 5.74) is 0.871. The summed E-state index contributed by atoms with van der Waals surface area (Å²) >= 11 is 5.83. The molecule has 2 rings (SSSR count). The molecule has 4 nitrogen and oxygen atoms in total. The number of carbonyl (C=O) groups is 1. The number of ether oxygens (including phenoxy) is 1. The lowest BCUT2D eigenvalue weighted by Crippen LogP contribution is -2.34. The molecule has 0 saturated carbocycles. The molecular formula is C18H19ClF2N2O2. The summed E-state index contributed by atoms with van der Waals surface area (Å²) in [4.78, 5) is 14.2. The van der Waals surface area contributed by atoms with Gasteiger partial charge in [0.05, 0.1) is 23.7 Å². The molecule has 0 aliphatic carbocycles. The Morgan fingerprint density at radius 3 is 2.36 bits per heavy atom. The molecule has 2 aromatic carbocycles. The largest absolute Gasteiger partial charge is 0.497 e. The van der Waals surface area contributed by atoms with E-state index in [1.807, 2.05) is 43.3 Å². The first-order valence-corrected chi connectivity index (χ1v) is 7.94. The highest BCUT2D eigenvalue weighted by Gasteiger charge is 2.19. The Kier molecular flexibility index (Phi) is 6.33. The van der Waals surface area contributed by atoms with Crippen molar-refractivity contribution in [2.24, 2.45) is 0 Å². The van der Waals surface area contributed by atoms with Crippen molar-refractivity contribution in [3.05, 3.63) is 64.2 Å². The van der Waals surface area contributed by atoms with E-state index >= 15 is 0 Å². The first kappa shape index (κ1) is 19.1. The van der Waals surface area contributed by atoms with Gasteiger partial charge in [-0.2, -0.15) is 0 Å². The second-order valence-corrected chi connectivity index (χ2v) is 6.12. The average molecular weight is 369 g/mol. The van der Waals surface area contributed by atoms with E-state index in [2.05, 4.69) is 5.32 Å². The van der Waals surface area contributed by atoms with E-state index in [0.29, 0.717) is 0 Å². The van der Waals surface area contributed by atoms with E-state index in [1.54, 1.807) is 7.11 Å². The number of methoxy groups -OCH3 is 1. The molecule has 0 fully saturated rings. The van der Waals surface area contributed by atoms with E-state index in [1.165, 1.54) is 0 Å². The van der Waals surface area contributed by atoms with Gasteiger partial charge in [-0.25, -0.2) is 8.78 Å². The number of nitrogens with zero attached hydrogens (tertiary/aromatic N) is 1. The van der Waals surface area contributed by atoms with Crippen LogP contribution in [-0.2, 0) is 0 Å². The number of hydrogen-bond donors (Lipinski definition) is 1. The summed E-state index contributed by atoms with van der Waals surface area (Å²) in [5.74, 6) is -2.04. The molecule has 0 radical (unpaired) electrons. The number of carbonyl (C=O) groups excluding carboxylic acids is 1. The Morgan fingerprint density at radius 1 is 1.20 bits per heavy atom. The van der Waals surface area contributed by atoms with E-state index in [-0.39, 0.29) is 23.2 Å². The predicted octanol–water partition coefficient (Wildman–Crippen LogP) is 3.66. The lowest BCUT2D eigenvalue weighted by Gasteiger charge is -2.25. The molecule has 0 aliphatic heterocycles. The van der Waals surface area contributed by atoms with Crippen LogP contribution < -0.4 is 10.1 Å². The molecule has 0 aromatic heterocycles. The smallest absolute Gasteiger partial charge is 0.252 e. The van der Waals surface area contributed by atoms with Crippen LogP contribution in [0.3, 0.4) is 0 Å². The number of likely N-dealkylation sites (N-methyl/N-ethyl adjacent to an activating group) is 1. The zero-order valence-corrected chi connectivity index (χ0v) is 14.9. The summed E-state index contributed by atoms with van der Waals surface area (Å²) in [5, 5.41) is 2.57. The van der Waals surface area contributed by atoms with Crippen LogP contribution in [0.4, 0.5) is 8.78 Å². The van der Waals surface area contributed by atoms with Crippen LogP contribution in [0.15, 0.2) is 36.4 Å². The van der Waals surface area contributed by atoms with Crippen LogP contribution in [0.25, 0.3) is 0 Å². The first-order valence-electron chi connectivity index (χ1n) is 7.56. The Morgan fingerprint density at radius 2 is 1.80 bits per heavy atom. The highest BCUT2D eigenvalue weighted by molar-refractivity contribution is 6.33. The van der Waals surface area contributed by atoms with Gasteiger partial charge in [-0.05, 0) is 43.9 Å². The molecule has 0 saturated heterocycles. The SMILES string of the molecule is COc1ccc(C(CNC(=O)c2cc(F)c(F)cc2Cl)N(C)C)cc1. The highest BCUT2D eigenvalue weighted by Crippen LogP contribution is 2.22. The molecule has 0 bridgehead atoms. The Labute approximate surface area is 150 Å². The third-order valence-corrected chi connectivity index (χ3v) is 4.15. The molecular weight excluding hydrogens is 350 g/mol. The van der Waals surface area contributed by atoms with Gasteiger partial charge in [0.1, 0.15) is 5.75 Å². The fourth-order valence-corrected chi connectivity index (χ4v) is 2.64. The number of amides is 1. The van der Waals surface area contributed by atoms with Crippen molar-refractivity contribution in [3.8, 4) is 5.75 Å². The van der Waals surface area contributed by atoms with Gasteiger partial charge < -0.3 is 15.0 Å². The zero-order chi connectivity index (χ0) is 18.6. The van der Waals surface area contributed by atoms with E-state index in [9.17, 15) is 13.6 Å². The Hall–Kier alpha value is -2.18. The minimum Gasteiger partial charge on any atom is -0.497 e. The van der Waals surface area contributed by atoms with Crippen LogP contribution in [0.1, 0.15) is 22.0 Å². The van der Waals surface area contributed by atoms with Crippen molar-refractivity contribution in [3.63, 3.8) is 0 Å². The lowest BCUT2D eigenvalue weighted by molar-refractivity contribution is 0.0941. The van der Waals surface area contributed by atoms with Crippen LogP contribution in [0, 0.1) is 11.6 Å². The second-order valence-electron chi connectivity index (χ2n) is 5.71. The maximum Gasteiger partial charge on any atom is 0.252 e. The van der Waals surface area contributed by atoms with Crippen LogP contribution in [-0.4, -0.2) is 38.6 Å². The summed E-state index contributed by atoms with van der Waals surface area (Å²) in [6, 6.07) is 8.95. The molecule has 1 amide bonds. The maximum absolute atomic E-state index is 13.3. The van der Waals surface area contributed by atoms with Crippen molar-refractivity contribution in [2.75, 3.05) is 27.7 Å². The van der Waals surface area contributed by atoms with Crippen LogP contribution in [0.2, 0.25) is 5.02 Å². The lowest BCUT2D eigenvalue weighted by atomic mass is 10.1. The summed E-state index contributed by atoms with van der Waals surface area (Å²) in [6.45, 7) is 0.271. The molecule has 25 heavy (non-hydrogen) atoms. The summed E-state index contributed by atoms with van der Waals surface area (Å²) in [7, 11) is 5.35. The quantitative estimate of drug-likeness (QED) is 0.791. The monoisotopic (exact) mass is 368 g/mol. The van der Waals surface area contributed by atoms with Gasteiger partial charge >= 0.3 is 0 Å². The Balaban J connectivity index is 2.13. The third kappa shape index (κ3) is 4.67. The summed E-state index contributed by atoms with van der Waals surface area (Å²) < 4.78 is 31.6. The minimum atomic E-state index is -1.12. The molecule has 0 aliphatic rings. The van der Waals surface area contributed by atoms with Gasteiger partial charge in [0.2, 0.25) is 0 Å². The number of nitrogens with one attached hydrogen (secondary N) is 1. The molecule has 0 heterocycles. The van der Waals surface area contributed by atoms with E-state index in [0.717, 1.165) is 23.4 Å². The van der Waals surface area contributed by atoms with Crippen LogP contribution >= 0.6 is 11.6 Å². The predicted molar refractivity (Wildman–Crippen MR) is 93.1 cm³/mol. The van der Waals surface area contributed by atoms with Crippen molar-refractivity contribution in [1.82, 2.24) is 10.2 Å². The molecule has 7 heteroatoms. The van der Waals surface area contributed by atoms with Gasteiger partial charge in [-0.15, -0.1) is 0 Å². The minimum absolute atomic E-state index is 0.104. The normalized spacial score (nSPS) is 12.1. The second kappa shape index (κ2) is 8.27. The first-order chi connectivity index (χ1) is 11.8. The molecule has 1 unspecified atom stereocenters. The molecule has 1 atom stereocenters.